The Morgan fingerprint density at radius 2 is 2.04 bits per heavy atom. The Bertz CT molecular complexity index is 914. The molecule has 0 radical (unpaired) electrons. The summed E-state index contributed by atoms with van der Waals surface area (Å²) in [5, 5.41) is 6.37. The van der Waals surface area contributed by atoms with Gasteiger partial charge in [-0.1, -0.05) is 0 Å². The molecule has 4 rings (SSSR count). The maximum absolute atomic E-state index is 13.1. The van der Waals surface area contributed by atoms with Gasteiger partial charge in [0.1, 0.15) is 5.56 Å². The summed E-state index contributed by atoms with van der Waals surface area (Å²) in [7, 11) is 0. The highest BCUT2D eigenvalue weighted by atomic mass is 16.7. The molecule has 2 N–H and O–H groups in total. The number of carbonyl (C=O) groups excluding carboxylic acids is 1. The lowest BCUT2D eigenvalue weighted by molar-refractivity contribution is 0.0931. The number of nitrogens with one attached hydrogen (secondary N) is 2. The van der Waals surface area contributed by atoms with Crippen LogP contribution in [0, 0.1) is 6.92 Å². The van der Waals surface area contributed by atoms with Gasteiger partial charge in [-0.3, -0.25) is 14.2 Å². The minimum Gasteiger partial charge on any atom is -0.454 e. The molecule has 2 aliphatic rings. The van der Waals surface area contributed by atoms with Crippen molar-refractivity contribution in [3.8, 4) is 17.2 Å². The van der Waals surface area contributed by atoms with Crippen molar-refractivity contribution >= 4 is 5.91 Å². The Hall–Kier alpha value is -2.80. The van der Waals surface area contributed by atoms with Gasteiger partial charge in [0.15, 0.2) is 11.5 Å². The lowest BCUT2D eigenvalue weighted by Gasteiger charge is -2.17. The average Bonchev–Trinajstić information content (AvgIpc) is 2.97. The molecule has 3 heterocycles. The number of nitrogens with zero attached hydrogens (tertiary/aromatic N) is 1. The molecule has 0 spiro atoms. The van der Waals surface area contributed by atoms with E-state index in [2.05, 4.69) is 10.6 Å². The zero-order valence-electron chi connectivity index (χ0n) is 15.3. The molecule has 1 aromatic carbocycles. The van der Waals surface area contributed by atoms with Crippen LogP contribution in [0.3, 0.4) is 0 Å². The predicted molar refractivity (Wildman–Crippen MR) is 101 cm³/mol. The molecule has 142 valence electrons. The Morgan fingerprint density at radius 3 is 2.93 bits per heavy atom. The number of aryl methyl sites for hydroxylation is 1. The van der Waals surface area contributed by atoms with E-state index in [1.807, 2.05) is 0 Å². The number of aromatic nitrogens is 1. The van der Waals surface area contributed by atoms with Crippen molar-refractivity contribution in [3.63, 3.8) is 0 Å². The van der Waals surface area contributed by atoms with Gasteiger partial charge in [-0.15, -0.1) is 0 Å². The van der Waals surface area contributed by atoms with Crippen LogP contribution < -0.4 is 25.7 Å². The van der Waals surface area contributed by atoms with Gasteiger partial charge in [-0.05, 0) is 63.0 Å². The van der Waals surface area contributed by atoms with E-state index in [-0.39, 0.29) is 29.9 Å². The first kappa shape index (κ1) is 17.6. The highest BCUT2D eigenvalue weighted by molar-refractivity contribution is 5.95. The monoisotopic (exact) mass is 369 g/mol. The molecule has 0 saturated carbocycles. The number of ether oxygens (including phenoxy) is 2. The summed E-state index contributed by atoms with van der Waals surface area (Å²) in [5.41, 5.74) is 1.16. The normalized spacial score (nSPS) is 18.8. The highest BCUT2D eigenvalue weighted by Crippen LogP contribution is 2.33. The van der Waals surface area contributed by atoms with Crippen LogP contribution in [0.5, 0.6) is 11.5 Å². The molecule has 1 unspecified atom stereocenters. The minimum atomic E-state index is -0.335. The summed E-state index contributed by atoms with van der Waals surface area (Å²) < 4.78 is 12.2. The number of hydrogen-bond acceptors (Lipinski definition) is 5. The lowest BCUT2D eigenvalue weighted by Crippen LogP contribution is -2.39. The van der Waals surface area contributed by atoms with Crippen LogP contribution >= 0.6 is 0 Å². The Morgan fingerprint density at radius 1 is 1.19 bits per heavy atom. The molecule has 7 heteroatoms. The molecule has 7 nitrogen and oxygen atoms in total. The predicted octanol–water partition coefficient (Wildman–Crippen LogP) is 1.75. The number of amides is 1. The molecular formula is C20H23N3O4. The summed E-state index contributed by atoms with van der Waals surface area (Å²) in [6.07, 6.45) is 4.48. The summed E-state index contributed by atoms with van der Waals surface area (Å²) in [4.78, 5) is 25.9. The third kappa shape index (κ3) is 3.55. The molecule has 0 aliphatic carbocycles. The molecular weight excluding hydrogens is 346 g/mol. The first-order valence-corrected chi connectivity index (χ1v) is 9.27. The third-order valence-corrected chi connectivity index (χ3v) is 5.07. The van der Waals surface area contributed by atoms with Crippen molar-refractivity contribution in [2.24, 2.45) is 0 Å². The molecule has 1 fully saturated rings. The average molecular weight is 369 g/mol. The number of benzene rings is 1. The molecule has 27 heavy (non-hydrogen) atoms. The molecule has 1 amide bonds. The number of hydrogen-bond donors (Lipinski definition) is 2. The van der Waals surface area contributed by atoms with Crippen LogP contribution in [-0.4, -0.2) is 36.4 Å². The van der Waals surface area contributed by atoms with E-state index >= 15 is 0 Å². The zero-order valence-corrected chi connectivity index (χ0v) is 15.3. The van der Waals surface area contributed by atoms with E-state index in [1.165, 1.54) is 4.57 Å². The van der Waals surface area contributed by atoms with Gasteiger partial charge in [-0.25, -0.2) is 0 Å². The van der Waals surface area contributed by atoms with E-state index in [1.54, 1.807) is 37.4 Å². The number of carbonyl (C=O) groups is 1. The number of rotatable bonds is 3. The summed E-state index contributed by atoms with van der Waals surface area (Å²) in [6, 6.07) is 7.17. The van der Waals surface area contributed by atoms with Crippen molar-refractivity contribution < 1.29 is 14.3 Å². The van der Waals surface area contributed by atoms with Crippen molar-refractivity contribution in [2.45, 2.75) is 32.2 Å². The number of pyridine rings is 1. The highest BCUT2D eigenvalue weighted by Gasteiger charge is 2.21. The number of fused-ring (bicyclic) bond motifs is 1. The Labute approximate surface area is 157 Å². The summed E-state index contributed by atoms with van der Waals surface area (Å²) in [6.45, 7) is 3.80. The quantitative estimate of drug-likeness (QED) is 0.861. The second-order valence-corrected chi connectivity index (χ2v) is 6.94. The van der Waals surface area contributed by atoms with Crippen molar-refractivity contribution in [1.82, 2.24) is 15.2 Å². The van der Waals surface area contributed by atoms with E-state index in [0.717, 1.165) is 32.4 Å². The summed E-state index contributed by atoms with van der Waals surface area (Å²) in [5.74, 6) is 0.940. The van der Waals surface area contributed by atoms with Gasteiger partial charge in [-0.2, -0.15) is 0 Å². The smallest absolute Gasteiger partial charge is 0.268 e. The third-order valence-electron chi connectivity index (χ3n) is 5.07. The van der Waals surface area contributed by atoms with Crippen LogP contribution in [0.25, 0.3) is 5.69 Å². The van der Waals surface area contributed by atoms with Crippen molar-refractivity contribution in [1.29, 1.82) is 0 Å². The fourth-order valence-electron chi connectivity index (χ4n) is 3.56. The first-order valence-electron chi connectivity index (χ1n) is 9.27. The second-order valence-electron chi connectivity index (χ2n) is 6.94. The van der Waals surface area contributed by atoms with E-state index < -0.39 is 0 Å². The van der Waals surface area contributed by atoms with Crippen molar-refractivity contribution in [2.75, 3.05) is 19.9 Å². The summed E-state index contributed by atoms with van der Waals surface area (Å²) >= 11 is 0. The van der Waals surface area contributed by atoms with E-state index in [4.69, 9.17) is 9.47 Å². The van der Waals surface area contributed by atoms with Gasteiger partial charge < -0.3 is 20.1 Å². The van der Waals surface area contributed by atoms with E-state index in [9.17, 15) is 9.59 Å². The maximum atomic E-state index is 13.1. The van der Waals surface area contributed by atoms with Crippen LogP contribution in [0.4, 0.5) is 0 Å². The fourth-order valence-corrected chi connectivity index (χ4v) is 3.56. The molecule has 1 atom stereocenters. The Balaban J connectivity index is 1.64. The lowest BCUT2D eigenvalue weighted by atomic mass is 10.1. The first-order chi connectivity index (χ1) is 13.1. The van der Waals surface area contributed by atoms with E-state index in [0.29, 0.717) is 22.7 Å². The molecule has 2 aromatic rings. The molecule has 1 aromatic heterocycles. The van der Waals surface area contributed by atoms with Crippen LogP contribution in [0.15, 0.2) is 35.3 Å². The van der Waals surface area contributed by atoms with Crippen LogP contribution in [0.1, 0.15) is 35.2 Å². The van der Waals surface area contributed by atoms with Crippen LogP contribution in [-0.2, 0) is 0 Å². The van der Waals surface area contributed by atoms with Gasteiger partial charge in [0.05, 0.1) is 5.69 Å². The van der Waals surface area contributed by atoms with Crippen molar-refractivity contribution in [3.05, 3.63) is 51.9 Å². The molecule has 1 saturated heterocycles. The maximum Gasteiger partial charge on any atom is 0.268 e. The SMILES string of the molecule is Cc1ccn(-c2ccc3c(c2)OCO3)c(=O)c1C(=O)NC1CCCNCC1. The standard InChI is InChI=1S/C20H23N3O4/c1-13-7-10-23(15-4-5-16-17(11-15)27-12-26-16)20(25)18(13)19(24)22-14-3-2-8-21-9-6-14/h4-5,7,10-11,14,21H,2-3,6,8-9,12H2,1H3,(H,22,24). The second kappa shape index (κ2) is 7.44. The van der Waals surface area contributed by atoms with Gasteiger partial charge >= 0.3 is 0 Å². The van der Waals surface area contributed by atoms with Gasteiger partial charge in [0.25, 0.3) is 11.5 Å². The van der Waals surface area contributed by atoms with Gasteiger partial charge in [0, 0.05) is 18.3 Å². The van der Waals surface area contributed by atoms with Crippen LogP contribution in [0.2, 0.25) is 0 Å². The fraction of sp³-hybridized carbons (Fsp3) is 0.400. The largest absolute Gasteiger partial charge is 0.454 e. The minimum absolute atomic E-state index is 0.0884. The Kier molecular flexibility index (Phi) is 4.85. The zero-order chi connectivity index (χ0) is 18.8. The van der Waals surface area contributed by atoms with Gasteiger partial charge in [0.2, 0.25) is 6.79 Å². The molecule has 2 aliphatic heterocycles. The molecule has 0 bridgehead atoms. The topological polar surface area (TPSA) is 81.6 Å².